The minimum absolute atomic E-state index is 0.0220. The molecule has 1 amide bonds. The van der Waals surface area contributed by atoms with E-state index < -0.39 is 0 Å². The zero-order valence-corrected chi connectivity index (χ0v) is 14.7. The Kier molecular flexibility index (Phi) is 4.56. The van der Waals surface area contributed by atoms with Crippen LogP contribution in [-0.4, -0.2) is 10.9 Å². The highest BCUT2D eigenvalue weighted by Gasteiger charge is 2.18. The first kappa shape index (κ1) is 15.5. The van der Waals surface area contributed by atoms with Gasteiger partial charge in [0.15, 0.2) is 5.13 Å². The van der Waals surface area contributed by atoms with Crippen molar-refractivity contribution in [1.82, 2.24) is 4.98 Å². The molecule has 1 aromatic carbocycles. The van der Waals surface area contributed by atoms with E-state index in [0.29, 0.717) is 15.6 Å². The van der Waals surface area contributed by atoms with Crippen LogP contribution in [-0.2, 0) is 5.41 Å². The minimum atomic E-state index is -0.197. The topological polar surface area (TPSA) is 42.0 Å². The van der Waals surface area contributed by atoms with Gasteiger partial charge < -0.3 is 0 Å². The third kappa shape index (κ3) is 3.62. The first-order valence-corrected chi connectivity index (χ1v) is 8.15. The Bertz CT molecular complexity index is 647. The van der Waals surface area contributed by atoms with Crippen LogP contribution in [0.3, 0.4) is 0 Å². The van der Waals surface area contributed by atoms with Crippen molar-refractivity contribution in [3.05, 3.63) is 39.3 Å². The fraction of sp³-hybridized carbons (Fsp3) is 0.286. The van der Waals surface area contributed by atoms with E-state index in [1.54, 1.807) is 12.1 Å². The van der Waals surface area contributed by atoms with Gasteiger partial charge in [-0.15, -0.1) is 24.0 Å². The summed E-state index contributed by atoms with van der Waals surface area (Å²) in [6.07, 6.45) is 0. The Morgan fingerprint density at radius 1 is 1.40 bits per heavy atom. The summed E-state index contributed by atoms with van der Waals surface area (Å²) in [7, 11) is 0. The lowest BCUT2D eigenvalue weighted by atomic mass is 9.93. The summed E-state index contributed by atoms with van der Waals surface area (Å²) in [5, 5.41) is 5.39. The number of aromatic nitrogens is 1. The van der Waals surface area contributed by atoms with Crippen molar-refractivity contribution >= 4 is 50.9 Å². The highest BCUT2D eigenvalue weighted by atomic mass is 79.9. The predicted molar refractivity (Wildman–Crippen MR) is 90.2 cm³/mol. The lowest BCUT2D eigenvalue weighted by molar-refractivity contribution is 0.102. The van der Waals surface area contributed by atoms with Gasteiger partial charge in [-0.25, -0.2) is 4.98 Å². The van der Waals surface area contributed by atoms with E-state index in [-0.39, 0.29) is 11.3 Å². The number of hydrogen-bond donors (Lipinski definition) is 2. The molecule has 0 fully saturated rings. The van der Waals surface area contributed by atoms with Crippen LogP contribution in [0.25, 0.3) is 0 Å². The molecule has 0 saturated carbocycles. The monoisotopic (exact) mass is 370 g/mol. The summed E-state index contributed by atoms with van der Waals surface area (Å²) >= 11 is 9.09. The molecule has 2 rings (SSSR count). The van der Waals surface area contributed by atoms with Gasteiger partial charge in [-0.1, -0.05) is 36.7 Å². The van der Waals surface area contributed by atoms with Gasteiger partial charge in [0.05, 0.1) is 11.3 Å². The zero-order chi connectivity index (χ0) is 14.9. The molecule has 0 atom stereocenters. The molecule has 0 spiro atoms. The summed E-state index contributed by atoms with van der Waals surface area (Å²) < 4.78 is 0.892. The van der Waals surface area contributed by atoms with Gasteiger partial charge in [-0.3, -0.25) is 10.1 Å². The second kappa shape index (κ2) is 5.87. The van der Waals surface area contributed by atoms with Crippen LogP contribution in [0, 0.1) is 0 Å². The Hall–Kier alpha value is -0.850. The zero-order valence-electron chi connectivity index (χ0n) is 11.4. The average molecular weight is 371 g/mol. The van der Waals surface area contributed by atoms with Gasteiger partial charge in [0.25, 0.3) is 5.91 Å². The maximum atomic E-state index is 12.2. The van der Waals surface area contributed by atoms with E-state index >= 15 is 0 Å². The number of hydrogen-bond acceptors (Lipinski definition) is 4. The molecule has 1 N–H and O–H groups in total. The molecule has 0 aliphatic heterocycles. The predicted octanol–water partition coefficient (Wildman–Crippen LogP) is 4.74. The summed E-state index contributed by atoms with van der Waals surface area (Å²) in [6, 6.07) is 5.34. The van der Waals surface area contributed by atoms with Gasteiger partial charge >= 0.3 is 0 Å². The fourth-order valence-electron chi connectivity index (χ4n) is 1.54. The summed E-state index contributed by atoms with van der Waals surface area (Å²) in [6.45, 7) is 6.27. The van der Waals surface area contributed by atoms with Crippen molar-refractivity contribution in [2.24, 2.45) is 0 Å². The maximum Gasteiger partial charge on any atom is 0.258 e. The number of rotatable bonds is 2. The number of nitrogens with one attached hydrogen (secondary N) is 1. The molecule has 0 aliphatic carbocycles. The summed E-state index contributed by atoms with van der Waals surface area (Å²) in [5.74, 6) is -0.197. The van der Waals surface area contributed by atoms with E-state index in [0.717, 1.165) is 10.2 Å². The van der Waals surface area contributed by atoms with Crippen molar-refractivity contribution in [3.8, 4) is 0 Å². The van der Waals surface area contributed by atoms with Crippen molar-refractivity contribution in [2.45, 2.75) is 31.1 Å². The highest BCUT2D eigenvalue weighted by molar-refractivity contribution is 9.10. The first-order valence-electron chi connectivity index (χ1n) is 6.03. The fourth-order valence-corrected chi connectivity index (χ4v) is 3.32. The van der Waals surface area contributed by atoms with Crippen molar-refractivity contribution in [1.29, 1.82) is 0 Å². The van der Waals surface area contributed by atoms with Crippen LogP contribution in [0.1, 0.15) is 36.8 Å². The number of anilines is 1. The Labute approximate surface area is 136 Å². The van der Waals surface area contributed by atoms with Crippen LogP contribution in [0.5, 0.6) is 0 Å². The molecule has 3 nitrogen and oxygen atoms in total. The normalized spacial score (nSPS) is 11.4. The van der Waals surface area contributed by atoms with E-state index in [1.807, 2.05) is 11.4 Å². The van der Waals surface area contributed by atoms with E-state index in [9.17, 15) is 4.79 Å². The van der Waals surface area contributed by atoms with Gasteiger partial charge in [-0.2, -0.15) is 0 Å². The van der Waals surface area contributed by atoms with Crippen LogP contribution in [0.4, 0.5) is 5.13 Å². The number of thiazole rings is 1. The number of amides is 1. The first-order chi connectivity index (χ1) is 9.27. The number of halogens is 1. The minimum Gasteiger partial charge on any atom is -0.298 e. The van der Waals surface area contributed by atoms with Crippen LogP contribution >= 0.6 is 39.9 Å². The third-order valence-corrected chi connectivity index (χ3v) is 4.32. The number of benzene rings is 1. The standard InChI is InChI=1S/C14H15BrN2OS2/c1-14(2,3)11-7-20-13(16-11)17-12(18)9-5-4-8(15)6-10(9)19/h4-7,19H,1-3H3,(H,16,17,18). The van der Waals surface area contributed by atoms with Crippen LogP contribution in [0.2, 0.25) is 0 Å². The smallest absolute Gasteiger partial charge is 0.258 e. The summed E-state index contributed by atoms with van der Waals surface area (Å²) in [5.41, 5.74) is 1.48. The van der Waals surface area contributed by atoms with Gasteiger partial charge in [0.1, 0.15) is 0 Å². The molecule has 0 saturated heterocycles. The van der Waals surface area contributed by atoms with Crippen LogP contribution < -0.4 is 5.32 Å². The molecule has 0 radical (unpaired) electrons. The molecule has 1 heterocycles. The van der Waals surface area contributed by atoms with E-state index in [1.165, 1.54) is 11.3 Å². The average Bonchev–Trinajstić information content (AvgIpc) is 2.76. The Morgan fingerprint density at radius 2 is 2.10 bits per heavy atom. The molecule has 0 bridgehead atoms. The molecule has 6 heteroatoms. The number of nitrogens with zero attached hydrogens (tertiary/aromatic N) is 1. The van der Waals surface area contributed by atoms with Gasteiger partial charge in [0, 0.05) is 20.2 Å². The number of carbonyl (C=O) groups excluding carboxylic acids is 1. The van der Waals surface area contributed by atoms with Gasteiger partial charge in [-0.05, 0) is 18.2 Å². The largest absolute Gasteiger partial charge is 0.298 e. The van der Waals surface area contributed by atoms with Crippen molar-refractivity contribution < 1.29 is 4.79 Å². The molecular weight excluding hydrogens is 356 g/mol. The summed E-state index contributed by atoms with van der Waals surface area (Å²) in [4.78, 5) is 17.3. The van der Waals surface area contributed by atoms with E-state index in [2.05, 4.69) is 59.6 Å². The molecule has 20 heavy (non-hydrogen) atoms. The Morgan fingerprint density at radius 3 is 2.65 bits per heavy atom. The maximum absolute atomic E-state index is 12.2. The van der Waals surface area contributed by atoms with Crippen molar-refractivity contribution in [2.75, 3.05) is 5.32 Å². The molecular formula is C14H15BrN2OS2. The number of thiol groups is 1. The van der Waals surface area contributed by atoms with Crippen molar-refractivity contribution in [3.63, 3.8) is 0 Å². The Balaban J connectivity index is 2.17. The van der Waals surface area contributed by atoms with Gasteiger partial charge in [0.2, 0.25) is 0 Å². The van der Waals surface area contributed by atoms with Crippen LogP contribution in [0.15, 0.2) is 32.9 Å². The molecule has 1 aromatic heterocycles. The lowest BCUT2D eigenvalue weighted by Crippen LogP contribution is -2.14. The molecule has 106 valence electrons. The quantitative estimate of drug-likeness (QED) is 0.749. The molecule has 2 aromatic rings. The third-order valence-electron chi connectivity index (χ3n) is 2.70. The SMILES string of the molecule is CC(C)(C)c1csc(NC(=O)c2ccc(Br)cc2S)n1. The lowest BCUT2D eigenvalue weighted by Gasteiger charge is -2.14. The van der Waals surface area contributed by atoms with E-state index in [4.69, 9.17) is 0 Å². The molecule has 0 unspecified atom stereocenters. The number of carbonyl (C=O) groups is 1. The second-order valence-electron chi connectivity index (χ2n) is 5.40. The molecule has 0 aliphatic rings. The second-order valence-corrected chi connectivity index (χ2v) is 7.66. The highest BCUT2D eigenvalue weighted by Crippen LogP contribution is 2.27.